The fourth-order valence-electron chi connectivity index (χ4n) is 1.47. The van der Waals surface area contributed by atoms with Gasteiger partial charge in [0.1, 0.15) is 5.82 Å². The Kier molecular flexibility index (Phi) is 6.96. The second kappa shape index (κ2) is 7.10. The maximum atomic E-state index is 13.5. The molecular formula is C12H18Cl2FN. The van der Waals surface area contributed by atoms with E-state index >= 15 is 0 Å². The van der Waals surface area contributed by atoms with Crippen molar-refractivity contribution in [1.29, 1.82) is 0 Å². The van der Waals surface area contributed by atoms with E-state index in [-0.39, 0.29) is 24.3 Å². The SMILES string of the molecule is CC(C)CC[C@H](N)c1ccc(Cl)cc1F.Cl. The fourth-order valence-corrected chi connectivity index (χ4v) is 1.63. The van der Waals surface area contributed by atoms with E-state index in [1.54, 1.807) is 12.1 Å². The largest absolute Gasteiger partial charge is 0.324 e. The van der Waals surface area contributed by atoms with Crippen LogP contribution in [0.25, 0.3) is 0 Å². The Morgan fingerprint density at radius 3 is 2.44 bits per heavy atom. The molecule has 4 heteroatoms. The first-order valence-corrected chi connectivity index (χ1v) is 5.59. The summed E-state index contributed by atoms with van der Waals surface area (Å²) in [4.78, 5) is 0. The van der Waals surface area contributed by atoms with Crippen LogP contribution in [0, 0.1) is 11.7 Å². The molecule has 1 atom stereocenters. The minimum absolute atomic E-state index is 0. The number of hydrogen-bond acceptors (Lipinski definition) is 1. The third kappa shape index (κ3) is 4.69. The standard InChI is InChI=1S/C12H17ClFN.ClH/c1-8(2)3-6-12(15)10-5-4-9(13)7-11(10)14;/h4-5,7-8,12H,3,6,15H2,1-2H3;1H/t12-;/m0./s1. The second-order valence-electron chi connectivity index (χ2n) is 4.24. The first-order chi connectivity index (χ1) is 7.00. The molecule has 1 rings (SSSR count). The molecule has 0 spiro atoms. The van der Waals surface area contributed by atoms with Crippen molar-refractivity contribution < 1.29 is 4.39 Å². The predicted molar refractivity (Wildman–Crippen MR) is 69.7 cm³/mol. The molecule has 0 radical (unpaired) electrons. The third-order valence-corrected chi connectivity index (χ3v) is 2.65. The quantitative estimate of drug-likeness (QED) is 0.862. The zero-order valence-corrected chi connectivity index (χ0v) is 11.1. The second-order valence-corrected chi connectivity index (χ2v) is 4.68. The zero-order valence-electron chi connectivity index (χ0n) is 9.54. The molecule has 0 aliphatic rings. The lowest BCUT2D eigenvalue weighted by molar-refractivity contribution is 0.491. The van der Waals surface area contributed by atoms with Gasteiger partial charge < -0.3 is 5.73 Å². The van der Waals surface area contributed by atoms with Gasteiger partial charge in [-0.3, -0.25) is 0 Å². The van der Waals surface area contributed by atoms with Gasteiger partial charge in [-0.1, -0.05) is 31.5 Å². The monoisotopic (exact) mass is 265 g/mol. The van der Waals surface area contributed by atoms with E-state index in [0.29, 0.717) is 16.5 Å². The average molecular weight is 266 g/mol. The molecule has 0 saturated carbocycles. The number of benzene rings is 1. The average Bonchev–Trinajstić information content (AvgIpc) is 2.14. The van der Waals surface area contributed by atoms with E-state index in [1.807, 2.05) is 0 Å². The van der Waals surface area contributed by atoms with Crippen molar-refractivity contribution in [2.75, 3.05) is 0 Å². The van der Waals surface area contributed by atoms with Crippen LogP contribution in [0.5, 0.6) is 0 Å². The van der Waals surface area contributed by atoms with Crippen LogP contribution in [0.1, 0.15) is 38.3 Å². The van der Waals surface area contributed by atoms with Gasteiger partial charge in [-0.15, -0.1) is 12.4 Å². The summed E-state index contributed by atoms with van der Waals surface area (Å²) in [6.07, 6.45) is 1.81. The molecule has 1 nitrogen and oxygen atoms in total. The Bertz CT molecular complexity index is 329. The molecule has 1 aromatic carbocycles. The van der Waals surface area contributed by atoms with Gasteiger partial charge in [-0.05, 0) is 30.9 Å². The minimum Gasteiger partial charge on any atom is -0.324 e. The molecule has 0 bridgehead atoms. The van der Waals surface area contributed by atoms with Crippen LogP contribution in [0.3, 0.4) is 0 Å². The van der Waals surface area contributed by atoms with Crippen molar-refractivity contribution >= 4 is 24.0 Å². The minimum atomic E-state index is -0.307. The van der Waals surface area contributed by atoms with E-state index in [0.717, 1.165) is 12.8 Å². The first-order valence-electron chi connectivity index (χ1n) is 5.21. The van der Waals surface area contributed by atoms with Crippen LogP contribution < -0.4 is 5.73 Å². The summed E-state index contributed by atoms with van der Waals surface area (Å²) in [5.74, 6) is 0.283. The number of halogens is 3. The molecule has 0 saturated heterocycles. The molecule has 0 amide bonds. The molecule has 0 aromatic heterocycles. The number of rotatable bonds is 4. The fraction of sp³-hybridized carbons (Fsp3) is 0.500. The van der Waals surface area contributed by atoms with Crippen LogP contribution >= 0.6 is 24.0 Å². The van der Waals surface area contributed by atoms with E-state index in [1.165, 1.54) is 6.07 Å². The van der Waals surface area contributed by atoms with E-state index in [9.17, 15) is 4.39 Å². The van der Waals surface area contributed by atoms with Crippen molar-refractivity contribution in [2.45, 2.75) is 32.7 Å². The van der Waals surface area contributed by atoms with Crippen LogP contribution in [0.15, 0.2) is 18.2 Å². The van der Waals surface area contributed by atoms with Crippen molar-refractivity contribution in [3.63, 3.8) is 0 Å². The van der Waals surface area contributed by atoms with Gasteiger partial charge in [-0.2, -0.15) is 0 Å². The smallest absolute Gasteiger partial charge is 0.129 e. The molecule has 92 valence electrons. The molecule has 0 unspecified atom stereocenters. The summed E-state index contributed by atoms with van der Waals surface area (Å²) in [5, 5.41) is 0.410. The molecule has 1 aromatic rings. The van der Waals surface area contributed by atoms with Gasteiger partial charge in [0.05, 0.1) is 0 Å². The van der Waals surface area contributed by atoms with Crippen LogP contribution in [-0.2, 0) is 0 Å². The normalized spacial score (nSPS) is 12.4. The van der Waals surface area contributed by atoms with Crippen molar-refractivity contribution in [1.82, 2.24) is 0 Å². The Morgan fingerprint density at radius 1 is 1.31 bits per heavy atom. The van der Waals surface area contributed by atoms with E-state index in [4.69, 9.17) is 17.3 Å². The Hall–Kier alpha value is -0.310. The molecule has 0 aliphatic carbocycles. The van der Waals surface area contributed by atoms with E-state index < -0.39 is 0 Å². The highest BCUT2D eigenvalue weighted by Crippen LogP contribution is 2.23. The molecule has 16 heavy (non-hydrogen) atoms. The highest BCUT2D eigenvalue weighted by atomic mass is 35.5. The van der Waals surface area contributed by atoms with Gasteiger partial charge in [0, 0.05) is 16.6 Å². The Morgan fingerprint density at radius 2 is 1.94 bits per heavy atom. The lowest BCUT2D eigenvalue weighted by Gasteiger charge is -2.14. The first kappa shape index (κ1) is 15.7. The zero-order chi connectivity index (χ0) is 11.4. The summed E-state index contributed by atoms with van der Waals surface area (Å²) in [6.45, 7) is 4.26. The van der Waals surface area contributed by atoms with Gasteiger partial charge in [0.15, 0.2) is 0 Å². The lowest BCUT2D eigenvalue weighted by atomic mass is 9.98. The van der Waals surface area contributed by atoms with Gasteiger partial charge in [0.2, 0.25) is 0 Å². The molecule has 0 fully saturated rings. The van der Waals surface area contributed by atoms with Crippen LogP contribution in [-0.4, -0.2) is 0 Å². The highest BCUT2D eigenvalue weighted by molar-refractivity contribution is 6.30. The van der Waals surface area contributed by atoms with Crippen molar-refractivity contribution in [3.8, 4) is 0 Å². The Balaban J connectivity index is 0.00000225. The molecule has 0 aliphatic heterocycles. The molecular weight excluding hydrogens is 248 g/mol. The van der Waals surface area contributed by atoms with Gasteiger partial charge in [-0.25, -0.2) is 4.39 Å². The Labute approximate surface area is 108 Å². The third-order valence-electron chi connectivity index (χ3n) is 2.42. The maximum absolute atomic E-state index is 13.5. The molecule has 2 N–H and O–H groups in total. The molecule has 0 heterocycles. The van der Waals surface area contributed by atoms with E-state index in [2.05, 4.69) is 13.8 Å². The van der Waals surface area contributed by atoms with Crippen LogP contribution in [0.4, 0.5) is 4.39 Å². The predicted octanol–water partition coefficient (Wildman–Crippen LogP) is 4.34. The summed E-state index contributed by atoms with van der Waals surface area (Å²) >= 11 is 5.67. The van der Waals surface area contributed by atoms with Gasteiger partial charge >= 0.3 is 0 Å². The topological polar surface area (TPSA) is 26.0 Å². The van der Waals surface area contributed by atoms with Gasteiger partial charge in [0.25, 0.3) is 0 Å². The lowest BCUT2D eigenvalue weighted by Crippen LogP contribution is -2.12. The maximum Gasteiger partial charge on any atom is 0.129 e. The van der Waals surface area contributed by atoms with Crippen molar-refractivity contribution in [3.05, 3.63) is 34.6 Å². The summed E-state index contributed by atoms with van der Waals surface area (Å²) < 4.78 is 13.5. The van der Waals surface area contributed by atoms with Crippen LogP contribution in [0.2, 0.25) is 5.02 Å². The summed E-state index contributed by atoms with van der Waals surface area (Å²) in [7, 11) is 0. The van der Waals surface area contributed by atoms with Crippen molar-refractivity contribution in [2.24, 2.45) is 11.7 Å². The number of hydrogen-bond donors (Lipinski definition) is 1. The summed E-state index contributed by atoms with van der Waals surface area (Å²) in [5.41, 5.74) is 6.47. The highest BCUT2D eigenvalue weighted by Gasteiger charge is 2.11. The number of nitrogens with two attached hydrogens (primary N) is 1. The summed E-state index contributed by atoms with van der Waals surface area (Å²) in [6, 6.07) is 4.42.